The molecule has 0 saturated heterocycles. The number of hydrogen-bond donors (Lipinski definition) is 1. The van der Waals surface area contributed by atoms with Gasteiger partial charge < -0.3 is 10.2 Å². The van der Waals surface area contributed by atoms with E-state index in [1.807, 2.05) is 6.92 Å². The summed E-state index contributed by atoms with van der Waals surface area (Å²) in [6.45, 7) is 6.26. The number of rotatable bonds is 2. The van der Waals surface area contributed by atoms with Gasteiger partial charge in [0.15, 0.2) is 0 Å². The fourth-order valence-corrected chi connectivity index (χ4v) is 2.86. The third-order valence-electron chi connectivity index (χ3n) is 4.40. The molecule has 3 rings (SSSR count). The zero-order valence-electron chi connectivity index (χ0n) is 10.7. The van der Waals surface area contributed by atoms with Crippen LogP contribution in [0.4, 0.5) is 0 Å². The van der Waals surface area contributed by atoms with Crippen LogP contribution in [-0.2, 0) is 5.41 Å². The second-order valence-electron chi connectivity index (χ2n) is 5.41. The fraction of sp³-hybridized carbons (Fsp3) is 0.467. The Morgan fingerprint density at radius 3 is 2.59 bits per heavy atom. The monoisotopic (exact) mass is 229 g/mol. The van der Waals surface area contributed by atoms with E-state index in [9.17, 15) is 0 Å². The molecular formula is C15H19NO. The molecule has 1 aliphatic rings. The number of hydrogen-bond acceptors (Lipinski definition) is 2. The normalized spacial score (nSPS) is 19.5. The standard InChI is InChI=1S/C15H19NO/c1-9-10(2)17-14-12(9)5-4-6-13(14)15(7-8-15)11(3)16/h4-6,11H,7-8,16H2,1-3H3. The van der Waals surface area contributed by atoms with Gasteiger partial charge in [0.1, 0.15) is 11.3 Å². The molecule has 90 valence electrons. The molecule has 2 aromatic rings. The summed E-state index contributed by atoms with van der Waals surface area (Å²) in [5.41, 5.74) is 9.93. The van der Waals surface area contributed by atoms with Gasteiger partial charge in [0.25, 0.3) is 0 Å². The first-order chi connectivity index (χ1) is 8.06. The Bertz CT molecular complexity index is 576. The molecule has 1 unspecified atom stereocenters. The Morgan fingerprint density at radius 2 is 2.00 bits per heavy atom. The summed E-state index contributed by atoms with van der Waals surface area (Å²) in [5.74, 6) is 1.02. The summed E-state index contributed by atoms with van der Waals surface area (Å²) < 4.78 is 5.95. The SMILES string of the molecule is Cc1oc2c(C3(C(C)N)CC3)cccc2c1C. The van der Waals surface area contributed by atoms with Gasteiger partial charge in [-0.1, -0.05) is 18.2 Å². The molecule has 1 aromatic carbocycles. The molecule has 17 heavy (non-hydrogen) atoms. The van der Waals surface area contributed by atoms with Crippen molar-refractivity contribution in [3.63, 3.8) is 0 Å². The van der Waals surface area contributed by atoms with Crippen LogP contribution in [-0.4, -0.2) is 6.04 Å². The lowest BCUT2D eigenvalue weighted by molar-refractivity contribution is 0.530. The van der Waals surface area contributed by atoms with Crippen molar-refractivity contribution in [3.05, 3.63) is 35.1 Å². The Morgan fingerprint density at radius 1 is 1.29 bits per heavy atom. The van der Waals surface area contributed by atoms with Crippen LogP contribution in [0.3, 0.4) is 0 Å². The van der Waals surface area contributed by atoms with Crippen LogP contribution in [0.15, 0.2) is 22.6 Å². The molecule has 1 aliphatic carbocycles. The summed E-state index contributed by atoms with van der Waals surface area (Å²) in [4.78, 5) is 0. The molecule has 0 amide bonds. The highest BCUT2D eigenvalue weighted by molar-refractivity contribution is 5.86. The van der Waals surface area contributed by atoms with Gasteiger partial charge in [0, 0.05) is 22.4 Å². The topological polar surface area (TPSA) is 39.2 Å². The van der Waals surface area contributed by atoms with E-state index >= 15 is 0 Å². The average Bonchev–Trinajstić information content (AvgIpc) is 3.04. The van der Waals surface area contributed by atoms with Crippen LogP contribution in [0, 0.1) is 13.8 Å². The number of fused-ring (bicyclic) bond motifs is 1. The number of furan rings is 1. The third-order valence-corrected chi connectivity index (χ3v) is 4.40. The molecule has 1 fully saturated rings. The van der Waals surface area contributed by atoms with Crippen molar-refractivity contribution in [3.8, 4) is 0 Å². The minimum atomic E-state index is 0.163. The van der Waals surface area contributed by atoms with E-state index in [0.717, 1.165) is 11.3 Å². The maximum Gasteiger partial charge on any atom is 0.138 e. The summed E-state index contributed by atoms with van der Waals surface area (Å²) in [6.07, 6.45) is 2.37. The van der Waals surface area contributed by atoms with Crippen LogP contribution in [0.25, 0.3) is 11.0 Å². The molecule has 2 N–H and O–H groups in total. The van der Waals surface area contributed by atoms with Crippen LogP contribution in [0.1, 0.15) is 36.7 Å². The van der Waals surface area contributed by atoms with Crippen molar-refractivity contribution >= 4 is 11.0 Å². The lowest BCUT2D eigenvalue weighted by Gasteiger charge is -2.20. The fourth-order valence-electron chi connectivity index (χ4n) is 2.86. The van der Waals surface area contributed by atoms with E-state index < -0.39 is 0 Å². The van der Waals surface area contributed by atoms with Gasteiger partial charge in [-0.15, -0.1) is 0 Å². The van der Waals surface area contributed by atoms with E-state index in [-0.39, 0.29) is 11.5 Å². The van der Waals surface area contributed by atoms with Crippen molar-refractivity contribution in [2.24, 2.45) is 5.73 Å². The number of aryl methyl sites for hydroxylation is 2. The summed E-state index contributed by atoms with van der Waals surface area (Å²) in [7, 11) is 0. The van der Waals surface area contributed by atoms with Crippen molar-refractivity contribution in [2.45, 2.75) is 45.1 Å². The average molecular weight is 229 g/mol. The van der Waals surface area contributed by atoms with Gasteiger partial charge in [-0.2, -0.15) is 0 Å². The van der Waals surface area contributed by atoms with E-state index in [2.05, 4.69) is 32.0 Å². The molecule has 2 nitrogen and oxygen atoms in total. The van der Waals surface area contributed by atoms with E-state index in [4.69, 9.17) is 10.2 Å². The molecule has 0 radical (unpaired) electrons. The summed E-state index contributed by atoms with van der Waals surface area (Å²) in [5, 5.41) is 1.24. The van der Waals surface area contributed by atoms with Gasteiger partial charge in [0.05, 0.1) is 0 Å². The van der Waals surface area contributed by atoms with Crippen molar-refractivity contribution in [2.75, 3.05) is 0 Å². The second-order valence-corrected chi connectivity index (χ2v) is 5.41. The number of para-hydroxylation sites is 1. The molecule has 1 heterocycles. The largest absolute Gasteiger partial charge is 0.461 e. The Kier molecular flexibility index (Phi) is 2.14. The summed E-state index contributed by atoms with van der Waals surface area (Å²) >= 11 is 0. The maximum atomic E-state index is 6.16. The van der Waals surface area contributed by atoms with Gasteiger partial charge in [-0.3, -0.25) is 0 Å². The van der Waals surface area contributed by atoms with E-state index in [0.29, 0.717) is 0 Å². The number of benzene rings is 1. The van der Waals surface area contributed by atoms with Crippen molar-refractivity contribution < 1.29 is 4.42 Å². The lowest BCUT2D eigenvalue weighted by Crippen LogP contribution is -2.31. The molecule has 2 heteroatoms. The van der Waals surface area contributed by atoms with Gasteiger partial charge in [-0.25, -0.2) is 0 Å². The molecule has 0 bridgehead atoms. The molecule has 1 saturated carbocycles. The van der Waals surface area contributed by atoms with Crippen molar-refractivity contribution in [1.29, 1.82) is 0 Å². The predicted octanol–water partition coefficient (Wildman–Crippen LogP) is 3.43. The summed E-state index contributed by atoms with van der Waals surface area (Å²) in [6, 6.07) is 6.64. The van der Waals surface area contributed by atoms with E-state index in [1.54, 1.807) is 0 Å². The zero-order valence-corrected chi connectivity index (χ0v) is 10.7. The zero-order chi connectivity index (χ0) is 12.2. The molecule has 0 spiro atoms. The maximum absolute atomic E-state index is 6.16. The molecule has 1 atom stereocenters. The highest BCUT2D eigenvalue weighted by atomic mass is 16.3. The van der Waals surface area contributed by atoms with Gasteiger partial charge in [-0.05, 0) is 39.2 Å². The number of nitrogens with two attached hydrogens (primary N) is 1. The smallest absolute Gasteiger partial charge is 0.138 e. The second kappa shape index (κ2) is 3.36. The highest BCUT2D eigenvalue weighted by Crippen LogP contribution is 2.52. The first-order valence-electron chi connectivity index (χ1n) is 6.31. The van der Waals surface area contributed by atoms with Crippen LogP contribution in [0.5, 0.6) is 0 Å². The Labute approximate surface area is 102 Å². The van der Waals surface area contributed by atoms with Gasteiger partial charge >= 0.3 is 0 Å². The highest BCUT2D eigenvalue weighted by Gasteiger charge is 2.49. The minimum Gasteiger partial charge on any atom is -0.461 e. The van der Waals surface area contributed by atoms with Crippen LogP contribution >= 0.6 is 0 Å². The molecule has 1 aromatic heterocycles. The lowest BCUT2D eigenvalue weighted by atomic mass is 9.88. The Hall–Kier alpha value is -1.28. The van der Waals surface area contributed by atoms with Gasteiger partial charge in [0.2, 0.25) is 0 Å². The molecule has 0 aliphatic heterocycles. The predicted molar refractivity (Wildman–Crippen MR) is 70.2 cm³/mol. The Balaban J connectivity index is 2.28. The quantitative estimate of drug-likeness (QED) is 0.857. The first kappa shape index (κ1) is 10.8. The van der Waals surface area contributed by atoms with Crippen molar-refractivity contribution in [1.82, 2.24) is 0 Å². The first-order valence-corrected chi connectivity index (χ1v) is 6.31. The third kappa shape index (κ3) is 1.37. The molecular weight excluding hydrogens is 210 g/mol. The van der Waals surface area contributed by atoms with Crippen LogP contribution in [0.2, 0.25) is 0 Å². The van der Waals surface area contributed by atoms with E-state index in [1.165, 1.54) is 29.4 Å². The minimum absolute atomic E-state index is 0.163. The van der Waals surface area contributed by atoms with Crippen LogP contribution < -0.4 is 5.73 Å².